The predicted molar refractivity (Wildman–Crippen MR) is 113 cm³/mol. The van der Waals surface area contributed by atoms with Gasteiger partial charge in [0, 0.05) is 18.3 Å². The zero-order chi connectivity index (χ0) is 22.4. The lowest BCUT2D eigenvalue weighted by Gasteiger charge is -2.25. The summed E-state index contributed by atoms with van der Waals surface area (Å²) in [4.78, 5) is 32.1. The molecule has 2 rings (SSSR count). The molecule has 30 heavy (non-hydrogen) atoms. The van der Waals surface area contributed by atoms with E-state index in [1.165, 1.54) is 13.4 Å². The molecule has 1 heterocycles. The molecular weight excluding hydrogens is 406 g/mol. The van der Waals surface area contributed by atoms with Crippen LogP contribution in [0, 0.1) is 5.92 Å². The summed E-state index contributed by atoms with van der Waals surface area (Å²) < 4.78 is 29.4. The summed E-state index contributed by atoms with van der Waals surface area (Å²) in [7, 11) is -2.33. The number of H-pyrrole nitrogens is 1. The maximum atomic E-state index is 13.1. The fraction of sp³-hybridized carbons (Fsp3) is 0.476. The standard InChI is InChI=1S/C21H29N3O5S/c1-21(2,3)30(27,28)13-16(10-15-8-6-5-7-9-15)19(25)24-18(20(26)29-4)11-17-12-22-14-23-17/h5-9,12,14,16,18H,10-11,13H2,1-4H3,(H,22,23)(H,24,25)/t16-,18+/m1/s1. The molecule has 0 fully saturated rings. The number of methoxy groups -OCH3 is 1. The number of sulfone groups is 1. The molecule has 0 saturated heterocycles. The first-order valence-corrected chi connectivity index (χ1v) is 11.3. The van der Waals surface area contributed by atoms with Crippen LogP contribution in [0.15, 0.2) is 42.9 Å². The molecule has 1 aromatic carbocycles. The quantitative estimate of drug-likeness (QED) is 0.579. The average Bonchev–Trinajstić information content (AvgIpc) is 3.19. The van der Waals surface area contributed by atoms with E-state index < -0.39 is 38.4 Å². The van der Waals surface area contributed by atoms with Crippen LogP contribution in [0.25, 0.3) is 0 Å². The predicted octanol–water partition coefficient (Wildman–Crippen LogP) is 1.68. The Morgan fingerprint density at radius 3 is 2.37 bits per heavy atom. The van der Waals surface area contributed by atoms with E-state index in [0.717, 1.165) is 5.56 Å². The van der Waals surface area contributed by atoms with Gasteiger partial charge in [0.2, 0.25) is 5.91 Å². The van der Waals surface area contributed by atoms with E-state index in [0.29, 0.717) is 5.69 Å². The summed E-state index contributed by atoms with van der Waals surface area (Å²) in [5.41, 5.74) is 1.48. The van der Waals surface area contributed by atoms with E-state index >= 15 is 0 Å². The summed E-state index contributed by atoms with van der Waals surface area (Å²) in [6.45, 7) is 4.82. The van der Waals surface area contributed by atoms with Crippen LogP contribution >= 0.6 is 0 Å². The largest absolute Gasteiger partial charge is 0.467 e. The van der Waals surface area contributed by atoms with Gasteiger partial charge in [-0.2, -0.15) is 0 Å². The fourth-order valence-corrected chi connectivity index (χ4v) is 4.18. The van der Waals surface area contributed by atoms with Crippen molar-refractivity contribution in [2.75, 3.05) is 12.9 Å². The van der Waals surface area contributed by atoms with Crippen molar-refractivity contribution in [1.29, 1.82) is 0 Å². The molecule has 2 N–H and O–H groups in total. The molecular formula is C21H29N3O5S. The first-order valence-electron chi connectivity index (χ1n) is 9.65. The minimum Gasteiger partial charge on any atom is -0.467 e. The number of nitrogens with zero attached hydrogens (tertiary/aromatic N) is 1. The van der Waals surface area contributed by atoms with Crippen LogP contribution in [-0.4, -0.2) is 53.9 Å². The van der Waals surface area contributed by atoms with Gasteiger partial charge in [0.1, 0.15) is 6.04 Å². The Labute approximate surface area is 177 Å². The summed E-state index contributed by atoms with van der Waals surface area (Å²) in [6.07, 6.45) is 3.41. The van der Waals surface area contributed by atoms with Crippen LogP contribution in [0.5, 0.6) is 0 Å². The molecule has 0 radical (unpaired) electrons. The van der Waals surface area contributed by atoms with Crippen LogP contribution in [0.4, 0.5) is 0 Å². The summed E-state index contributed by atoms with van der Waals surface area (Å²) in [6, 6.07) is 8.23. The molecule has 0 saturated carbocycles. The maximum Gasteiger partial charge on any atom is 0.328 e. The number of hydrogen-bond acceptors (Lipinski definition) is 6. The van der Waals surface area contributed by atoms with Gasteiger partial charge in [0.15, 0.2) is 9.84 Å². The number of rotatable bonds is 9. The summed E-state index contributed by atoms with van der Waals surface area (Å²) in [5.74, 6) is -2.31. The number of nitrogens with one attached hydrogen (secondary N) is 2. The lowest BCUT2D eigenvalue weighted by atomic mass is 9.99. The number of benzene rings is 1. The number of aromatic amines is 1. The molecule has 0 aliphatic carbocycles. The zero-order valence-electron chi connectivity index (χ0n) is 17.7. The monoisotopic (exact) mass is 435 g/mol. The lowest BCUT2D eigenvalue weighted by Crippen LogP contribution is -2.48. The molecule has 1 aromatic heterocycles. The van der Waals surface area contributed by atoms with Gasteiger partial charge in [-0.15, -0.1) is 0 Å². The second-order valence-corrected chi connectivity index (χ2v) is 10.9. The molecule has 9 heteroatoms. The minimum atomic E-state index is -3.57. The number of aromatic nitrogens is 2. The molecule has 0 unspecified atom stereocenters. The van der Waals surface area contributed by atoms with Crippen molar-refractivity contribution in [3.63, 3.8) is 0 Å². The molecule has 0 aliphatic rings. The Hall–Kier alpha value is -2.68. The highest BCUT2D eigenvalue weighted by Gasteiger charge is 2.35. The third-order valence-electron chi connectivity index (χ3n) is 4.83. The van der Waals surface area contributed by atoms with Crippen LogP contribution in [0.1, 0.15) is 32.0 Å². The topological polar surface area (TPSA) is 118 Å². The van der Waals surface area contributed by atoms with Crippen LogP contribution in [-0.2, 0) is 37.0 Å². The van der Waals surface area contributed by atoms with Crippen molar-refractivity contribution in [3.05, 3.63) is 54.1 Å². The number of carbonyl (C=O) groups excluding carboxylic acids is 2. The highest BCUT2D eigenvalue weighted by Crippen LogP contribution is 2.21. The van der Waals surface area contributed by atoms with E-state index in [-0.39, 0.29) is 18.6 Å². The van der Waals surface area contributed by atoms with Crippen LogP contribution in [0.2, 0.25) is 0 Å². The van der Waals surface area contributed by atoms with Crippen molar-refractivity contribution in [2.45, 2.75) is 44.4 Å². The smallest absolute Gasteiger partial charge is 0.328 e. The molecule has 0 spiro atoms. The second-order valence-electron chi connectivity index (χ2n) is 8.15. The van der Waals surface area contributed by atoms with Crippen molar-refractivity contribution in [3.8, 4) is 0 Å². The lowest BCUT2D eigenvalue weighted by molar-refractivity contribution is -0.145. The molecule has 0 bridgehead atoms. The Kier molecular flexibility index (Phi) is 7.77. The zero-order valence-corrected chi connectivity index (χ0v) is 18.5. The molecule has 2 atom stereocenters. The van der Waals surface area contributed by atoms with E-state index in [2.05, 4.69) is 15.3 Å². The Bertz CT molecular complexity index is 935. The van der Waals surface area contributed by atoms with Gasteiger partial charge in [0.25, 0.3) is 0 Å². The van der Waals surface area contributed by atoms with Crippen LogP contribution in [0.3, 0.4) is 0 Å². The third-order valence-corrected chi connectivity index (χ3v) is 7.54. The number of ether oxygens (including phenoxy) is 1. The van der Waals surface area contributed by atoms with Gasteiger partial charge >= 0.3 is 5.97 Å². The van der Waals surface area contributed by atoms with Gasteiger partial charge in [-0.3, -0.25) is 4.79 Å². The number of esters is 1. The van der Waals surface area contributed by atoms with E-state index in [1.54, 1.807) is 27.0 Å². The second kappa shape index (κ2) is 9.88. The number of amides is 1. The highest BCUT2D eigenvalue weighted by molar-refractivity contribution is 7.92. The van der Waals surface area contributed by atoms with Crippen molar-refractivity contribution in [1.82, 2.24) is 15.3 Å². The van der Waals surface area contributed by atoms with Crippen molar-refractivity contribution >= 4 is 21.7 Å². The molecule has 0 aliphatic heterocycles. The number of imidazole rings is 1. The first-order chi connectivity index (χ1) is 14.0. The summed E-state index contributed by atoms with van der Waals surface area (Å²) >= 11 is 0. The SMILES string of the molecule is COC(=O)[C@H](Cc1cnc[nH]1)NC(=O)[C@H](Cc1ccccc1)CS(=O)(=O)C(C)(C)C. The summed E-state index contributed by atoms with van der Waals surface area (Å²) in [5, 5.41) is 2.67. The molecule has 164 valence electrons. The minimum absolute atomic E-state index is 0.155. The van der Waals surface area contributed by atoms with E-state index in [4.69, 9.17) is 4.74 Å². The number of hydrogen-bond donors (Lipinski definition) is 2. The fourth-order valence-electron chi connectivity index (χ4n) is 2.88. The van der Waals surface area contributed by atoms with E-state index in [9.17, 15) is 18.0 Å². The third kappa shape index (κ3) is 6.41. The normalized spacial score (nSPS) is 14.0. The Morgan fingerprint density at radius 2 is 1.83 bits per heavy atom. The molecule has 2 aromatic rings. The van der Waals surface area contributed by atoms with Crippen LogP contribution < -0.4 is 5.32 Å². The number of carbonyl (C=O) groups is 2. The van der Waals surface area contributed by atoms with Gasteiger partial charge in [-0.25, -0.2) is 18.2 Å². The molecule has 1 amide bonds. The Morgan fingerprint density at radius 1 is 1.17 bits per heavy atom. The highest BCUT2D eigenvalue weighted by atomic mass is 32.2. The van der Waals surface area contributed by atoms with Gasteiger partial charge < -0.3 is 15.0 Å². The first kappa shape index (κ1) is 23.6. The van der Waals surface area contributed by atoms with Crippen molar-refractivity contribution in [2.24, 2.45) is 5.92 Å². The average molecular weight is 436 g/mol. The van der Waals surface area contributed by atoms with Gasteiger partial charge in [-0.05, 0) is 32.8 Å². The molecule has 8 nitrogen and oxygen atoms in total. The van der Waals surface area contributed by atoms with Crippen molar-refractivity contribution < 1.29 is 22.7 Å². The van der Waals surface area contributed by atoms with Gasteiger partial charge in [-0.1, -0.05) is 30.3 Å². The van der Waals surface area contributed by atoms with E-state index in [1.807, 2.05) is 30.3 Å². The Balaban J connectivity index is 2.26. The maximum absolute atomic E-state index is 13.1. The van der Waals surface area contributed by atoms with Gasteiger partial charge in [0.05, 0.1) is 29.9 Å².